The van der Waals surface area contributed by atoms with Crippen LogP contribution in [0.4, 0.5) is 5.82 Å². The normalized spacial score (nSPS) is 16.5. The highest BCUT2D eigenvalue weighted by molar-refractivity contribution is 5.51. The first kappa shape index (κ1) is 20.1. The third-order valence-corrected chi connectivity index (χ3v) is 6.42. The minimum absolute atomic E-state index is 0.0658. The zero-order valence-electron chi connectivity index (χ0n) is 18.0. The van der Waals surface area contributed by atoms with Crippen LogP contribution in [0, 0.1) is 17.2 Å². The Morgan fingerprint density at radius 2 is 1.31 bits per heavy atom. The molecule has 4 nitrogen and oxygen atoms in total. The summed E-state index contributed by atoms with van der Waals surface area (Å²) in [6.07, 6.45) is 4.07. The molecule has 0 aliphatic carbocycles. The number of anilines is 1. The molecule has 0 radical (unpaired) electrons. The summed E-state index contributed by atoms with van der Waals surface area (Å²) < 4.78 is 2.10. The van der Waals surface area contributed by atoms with Crippen molar-refractivity contribution >= 4 is 5.82 Å². The van der Waals surface area contributed by atoms with Gasteiger partial charge >= 0.3 is 0 Å². The molecule has 0 saturated carbocycles. The predicted octanol–water partition coefficient (Wildman–Crippen LogP) is 5.46. The zero-order valence-corrected chi connectivity index (χ0v) is 18.0. The highest BCUT2D eigenvalue weighted by atomic mass is 15.4. The van der Waals surface area contributed by atoms with Gasteiger partial charge in [0.1, 0.15) is 5.54 Å². The lowest BCUT2D eigenvalue weighted by atomic mass is 9.77. The van der Waals surface area contributed by atoms with E-state index in [1.54, 1.807) is 0 Å². The highest BCUT2D eigenvalue weighted by Gasteiger charge is 2.39. The molecule has 32 heavy (non-hydrogen) atoms. The maximum atomic E-state index is 9.43. The number of nitrogens with zero attached hydrogens (tertiary/aromatic N) is 4. The minimum Gasteiger partial charge on any atom is -0.354 e. The minimum atomic E-state index is -0.605. The quantitative estimate of drug-likeness (QED) is 0.404. The molecule has 5 rings (SSSR count). The lowest BCUT2D eigenvalue weighted by molar-refractivity contribution is 0.451. The van der Waals surface area contributed by atoms with Crippen LogP contribution in [0.2, 0.25) is 0 Å². The molecule has 158 valence electrons. The molecule has 0 N–H and O–H groups in total. The maximum Gasteiger partial charge on any atom is 0.150 e. The van der Waals surface area contributed by atoms with E-state index in [0.29, 0.717) is 0 Å². The molecule has 0 spiro atoms. The molecular weight excluding hydrogens is 392 g/mol. The summed E-state index contributed by atoms with van der Waals surface area (Å²) in [5, 5.41) is 14.6. The Kier molecular flexibility index (Phi) is 5.47. The standard InChI is InChI=1S/C28H26N4/c29-21-23-11-10-19-31(22-23)27-18-20-32(30-27)28(24-12-4-1-5-13-24,25-14-6-2-7-15-25)26-16-8-3-9-17-26/h1-9,12-18,20,23H,10-11,19,22H2. The molecule has 1 aliphatic rings. The molecule has 1 atom stereocenters. The van der Waals surface area contributed by atoms with Crippen molar-refractivity contribution < 1.29 is 0 Å². The van der Waals surface area contributed by atoms with Crippen molar-refractivity contribution in [2.45, 2.75) is 18.4 Å². The van der Waals surface area contributed by atoms with Gasteiger partial charge in [-0.25, -0.2) is 0 Å². The second-order valence-electron chi connectivity index (χ2n) is 8.34. The Hall–Kier alpha value is -3.84. The average molecular weight is 419 g/mol. The monoisotopic (exact) mass is 418 g/mol. The van der Waals surface area contributed by atoms with E-state index in [1.807, 2.05) is 0 Å². The van der Waals surface area contributed by atoms with Crippen molar-refractivity contribution in [3.63, 3.8) is 0 Å². The third kappa shape index (κ3) is 3.46. The molecular formula is C28H26N4. The van der Waals surface area contributed by atoms with Crippen molar-refractivity contribution in [3.05, 3.63) is 120 Å². The van der Waals surface area contributed by atoms with E-state index in [1.165, 1.54) is 0 Å². The maximum absolute atomic E-state index is 9.43. The number of nitriles is 1. The largest absolute Gasteiger partial charge is 0.354 e. The molecule has 0 amide bonds. The smallest absolute Gasteiger partial charge is 0.150 e. The Bertz CT molecular complexity index is 1100. The molecule has 0 bridgehead atoms. The van der Waals surface area contributed by atoms with Crippen LogP contribution in [0.3, 0.4) is 0 Å². The first-order valence-corrected chi connectivity index (χ1v) is 11.2. The number of hydrogen-bond acceptors (Lipinski definition) is 3. The summed E-state index contributed by atoms with van der Waals surface area (Å²) in [6.45, 7) is 1.67. The SMILES string of the molecule is N#CC1CCCN(c2ccn(C(c3ccccc3)(c3ccccc3)c3ccccc3)n2)C1. The first-order chi connectivity index (χ1) is 15.8. The number of piperidine rings is 1. The van der Waals surface area contributed by atoms with Gasteiger partial charge in [-0.1, -0.05) is 91.0 Å². The Balaban J connectivity index is 1.71. The summed E-state index contributed by atoms with van der Waals surface area (Å²) in [4.78, 5) is 2.25. The molecule has 2 heterocycles. The second-order valence-corrected chi connectivity index (χ2v) is 8.34. The van der Waals surface area contributed by atoms with Crippen LogP contribution in [0.1, 0.15) is 29.5 Å². The summed E-state index contributed by atoms with van der Waals surface area (Å²) in [7, 11) is 0. The van der Waals surface area contributed by atoms with Crippen LogP contribution in [-0.4, -0.2) is 22.9 Å². The molecule has 4 heteroatoms. The fourth-order valence-electron chi connectivity index (χ4n) is 4.90. The van der Waals surface area contributed by atoms with Gasteiger partial charge in [-0.05, 0) is 29.5 Å². The number of aromatic nitrogens is 2. The molecule has 1 aliphatic heterocycles. The van der Waals surface area contributed by atoms with E-state index >= 15 is 0 Å². The Morgan fingerprint density at radius 3 is 1.81 bits per heavy atom. The van der Waals surface area contributed by atoms with E-state index in [2.05, 4.69) is 119 Å². The van der Waals surface area contributed by atoms with Gasteiger partial charge in [0.2, 0.25) is 0 Å². The predicted molar refractivity (Wildman–Crippen MR) is 127 cm³/mol. The summed E-state index contributed by atoms with van der Waals surface area (Å²) >= 11 is 0. The Morgan fingerprint density at radius 1 is 0.781 bits per heavy atom. The summed E-state index contributed by atoms with van der Waals surface area (Å²) in [5.74, 6) is 0.994. The van der Waals surface area contributed by atoms with Crippen LogP contribution in [0.25, 0.3) is 0 Å². The van der Waals surface area contributed by atoms with E-state index in [-0.39, 0.29) is 5.92 Å². The highest BCUT2D eigenvalue weighted by Crippen LogP contribution is 2.40. The first-order valence-electron chi connectivity index (χ1n) is 11.2. The van der Waals surface area contributed by atoms with E-state index in [0.717, 1.165) is 48.4 Å². The fraction of sp³-hybridized carbons (Fsp3) is 0.214. The molecule has 3 aromatic carbocycles. The summed E-state index contributed by atoms with van der Waals surface area (Å²) in [5.41, 5.74) is 2.86. The number of hydrogen-bond donors (Lipinski definition) is 0. The number of rotatable bonds is 5. The molecule has 1 aromatic heterocycles. The van der Waals surface area contributed by atoms with Crippen LogP contribution in [0.15, 0.2) is 103 Å². The topological polar surface area (TPSA) is 44.9 Å². The van der Waals surface area contributed by atoms with Crippen molar-refractivity contribution in [2.75, 3.05) is 18.0 Å². The van der Waals surface area contributed by atoms with Gasteiger partial charge in [-0.3, -0.25) is 4.68 Å². The van der Waals surface area contributed by atoms with Crippen LogP contribution in [-0.2, 0) is 5.54 Å². The van der Waals surface area contributed by atoms with Gasteiger partial charge in [-0.15, -0.1) is 0 Å². The molecule has 1 fully saturated rings. The zero-order chi connectivity index (χ0) is 21.8. The van der Waals surface area contributed by atoms with Crippen LogP contribution in [0.5, 0.6) is 0 Å². The lowest BCUT2D eigenvalue weighted by Crippen LogP contribution is -2.39. The van der Waals surface area contributed by atoms with Crippen LogP contribution >= 0.6 is 0 Å². The fourth-order valence-corrected chi connectivity index (χ4v) is 4.90. The van der Waals surface area contributed by atoms with Gasteiger partial charge in [-0.2, -0.15) is 10.4 Å². The van der Waals surface area contributed by atoms with Gasteiger partial charge in [0.15, 0.2) is 5.82 Å². The van der Waals surface area contributed by atoms with E-state index < -0.39 is 5.54 Å². The lowest BCUT2D eigenvalue weighted by Gasteiger charge is -2.36. The van der Waals surface area contributed by atoms with Crippen molar-refractivity contribution in [1.29, 1.82) is 5.26 Å². The third-order valence-electron chi connectivity index (χ3n) is 6.42. The second kappa shape index (κ2) is 8.72. The molecule has 1 unspecified atom stereocenters. The van der Waals surface area contributed by atoms with Crippen LogP contribution < -0.4 is 4.90 Å². The summed E-state index contributed by atoms with van der Waals surface area (Å²) in [6, 6.07) is 36.2. The van der Waals surface area contributed by atoms with E-state index in [9.17, 15) is 5.26 Å². The van der Waals surface area contributed by atoms with Gasteiger partial charge in [0.25, 0.3) is 0 Å². The van der Waals surface area contributed by atoms with Crippen molar-refractivity contribution in [2.24, 2.45) is 5.92 Å². The average Bonchev–Trinajstić information content (AvgIpc) is 3.37. The molecule has 1 saturated heterocycles. The van der Waals surface area contributed by atoms with E-state index in [4.69, 9.17) is 5.10 Å². The Labute approximate surface area is 189 Å². The van der Waals surface area contributed by atoms with Crippen molar-refractivity contribution in [1.82, 2.24) is 9.78 Å². The van der Waals surface area contributed by atoms with Crippen molar-refractivity contribution in [3.8, 4) is 6.07 Å². The number of benzene rings is 3. The van der Waals surface area contributed by atoms with Gasteiger partial charge in [0.05, 0.1) is 12.0 Å². The van der Waals surface area contributed by atoms with Gasteiger partial charge in [0, 0.05) is 25.4 Å². The molecule has 4 aromatic rings. The van der Waals surface area contributed by atoms with Gasteiger partial charge < -0.3 is 4.90 Å².